The molecule has 0 aliphatic carbocycles. The predicted octanol–water partition coefficient (Wildman–Crippen LogP) is 6.17. The molecular weight excluding hydrogens is 441 g/mol. The van der Waals surface area contributed by atoms with Crippen molar-refractivity contribution >= 4 is 38.9 Å². The second-order valence-corrected chi connectivity index (χ2v) is 9.95. The molecule has 3 rings (SSSR count). The van der Waals surface area contributed by atoms with Gasteiger partial charge in [0.25, 0.3) is 10.0 Å². The third kappa shape index (κ3) is 4.82. The van der Waals surface area contributed by atoms with Crippen molar-refractivity contribution in [2.75, 3.05) is 4.72 Å². The number of sulfonamides is 1. The molecule has 0 aliphatic rings. The van der Waals surface area contributed by atoms with Gasteiger partial charge >= 0.3 is 0 Å². The maximum absolute atomic E-state index is 12.9. The SMILES string of the molecule is CCC(C)c1ccc(S(=O)(=O)Nc2c(C)nn(Cc3ccc(Cl)cc3Cl)c2C)cc1. The molecule has 5 nitrogen and oxygen atoms in total. The molecule has 160 valence electrons. The standard InChI is InChI=1S/C22H25Cl2N3O2S/c1-5-14(2)17-7-10-20(11-8-17)30(28,29)26-22-15(3)25-27(16(22)4)13-18-6-9-19(23)12-21(18)24/h6-12,14,26H,5,13H2,1-4H3. The Morgan fingerprint density at radius 2 is 1.77 bits per heavy atom. The van der Waals surface area contributed by atoms with Crippen LogP contribution in [0.4, 0.5) is 5.69 Å². The minimum Gasteiger partial charge on any atom is -0.276 e. The van der Waals surface area contributed by atoms with Crippen LogP contribution < -0.4 is 4.72 Å². The Kier molecular flexibility index (Phi) is 6.80. The number of anilines is 1. The first-order valence-corrected chi connectivity index (χ1v) is 12.0. The summed E-state index contributed by atoms with van der Waals surface area (Å²) in [4.78, 5) is 0.224. The fourth-order valence-electron chi connectivity index (χ4n) is 3.21. The Bertz CT molecular complexity index is 1160. The van der Waals surface area contributed by atoms with Crippen molar-refractivity contribution < 1.29 is 8.42 Å². The van der Waals surface area contributed by atoms with E-state index in [1.54, 1.807) is 35.9 Å². The lowest BCUT2D eigenvalue weighted by Gasteiger charge is -2.12. The Balaban J connectivity index is 1.86. The molecule has 1 heterocycles. The zero-order valence-electron chi connectivity index (χ0n) is 17.4. The molecule has 0 fully saturated rings. The summed E-state index contributed by atoms with van der Waals surface area (Å²) < 4.78 is 30.3. The molecule has 0 aliphatic heterocycles. The van der Waals surface area contributed by atoms with Crippen molar-refractivity contribution in [1.82, 2.24) is 9.78 Å². The number of hydrogen-bond acceptors (Lipinski definition) is 3. The van der Waals surface area contributed by atoms with E-state index in [-0.39, 0.29) is 4.90 Å². The molecule has 30 heavy (non-hydrogen) atoms. The normalized spacial score (nSPS) is 12.7. The van der Waals surface area contributed by atoms with Gasteiger partial charge in [-0.05, 0) is 61.6 Å². The lowest BCUT2D eigenvalue weighted by molar-refractivity contribution is 0.601. The van der Waals surface area contributed by atoms with Gasteiger partial charge in [0.15, 0.2) is 0 Å². The highest BCUT2D eigenvalue weighted by atomic mass is 35.5. The zero-order valence-corrected chi connectivity index (χ0v) is 19.7. The molecule has 3 aromatic rings. The minimum atomic E-state index is -3.73. The highest BCUT2D eigenvalue weighted by Gasteiger charge is 2.20. The lowest BCUT2D eigenvalue weighted by Crippen LogP contribution is -2.14. The van der Waals surface area contributed by atoms with Gasteiger partial charge in [-0.3, -0.25) is 9.40 Å². The molecule has 0 bridgehead atoms. The van der Waals surface area contributed by atoms with E-state index < -0.39 is 10.0 Å². The average molecular weight is 466 g/mol. The van der Waals surface area contributed by atoms with Crippen molar-refractivity contribution in [3.63, 3.8) is 0 Å². The number of aromatic nitrogens is 2. The summed E-state index contributed by atoms with van der Waals surface area (Å²) >= 11 is 12.2. The van der Waals surface area contributed by atoms with Crippen LogP contribution in [0.1, 0.15) is 48.7 Å². The number of halogens is 2. The Labute approximate surface area is 188 Å². The number of nitrogens with zero attached hydrogens (tertiary/aromatic N) is 2. The van der Waals surface area contributed by atoms with Crippen LogP contribution in [0.2, 0.25) is 10.0 Å². The van der Waals surface area contributed by atoms with Crippen LogP contribution in [0.3, 0.4) is 0 Å². The van der Waals surface area contributed by atoms with E-state index in [0.717, 1.165) is 17.5 Å². The second-order valence-electron chi connectivity index (χ2n) is 7.42. The number of benzene rings is 2. The minimum absolute atomic E-state index is 0.224. The van der Waals surface area contributed by atoms with Crippen LogP contribution in [0.5, 0.6) is 0 Å². The van der Waals surface area contributed by atoms with Crippen molar-refractivity contribution in [1.29, 1.82) is 0 Å². The molecule has 2 aromatic carbocycles. The molecule has 1 N–H and O–H groups in total. The molecule has 1 aromatic heterocycles. The highest BCUT2D eigenvalue weighted by Crippen LogP contribution is 2.27. The van der Waals surface area contributed by atoms with E-state index in [1.165, 1.54) is 0 Å². The number of nitrogens with one attached hydrogen (secondary N) is 1. The summed E-state index contributed by atoms with van der Waals surface area (Å²) in [6.07, 6.45) is 1.000. The molecular formula is C22H25Cl2N3O2S. The predicted molar refractivity (Wildman–Crippen MR) is 123 cm³/mol. The van der Waals surface area contributed by atoms with Gasteiger partial charge in [-0.1, -0.05) is 55.2 Å². The Morgan fingerprint density at radius 1 is 1.10 bits per heavy atom. The molecule has 1 unspecified atom stereocenters. The van der Waals surface area contributed by atoms with Crippen molar-refractivity contribution in [2.45, 2.75) is 51.5 Å². The first-order valence-electron chi connectivity index (χ1n) is 9.73. The fourth-order valence-corrected chi connectivity index (χ4v) is 4.86. The van der Waals surface area contributed by atoms with Crippen molar-refractivity contribution in [3.05, 3.63) is 75.0 Å². The van der Waals surface area contributed by atoms with Gasteiger partial charge in [-0.15, -0.1) is 0 Å². The van der Waals surface area contributed by atoms with Crippen LogP contribution in [-0.4, -0.2) is 18.2 Å². The van der Waals surface area contributed by atoms with Crippen molar-refractivity contribution in [3.8, 4) is 0 Å². The van der Waals surface area contributed by atoms with Gasteiger partial charge < -0.3 is 0 Å². The van der Waals surface area contributed by atoms with E-state index in [9.17, 15) is 8.42 Å². The van der Waals surface area contributed by atoms with E-state index in [2.05, 4.69) is 23.7 Å². The zero-order chi connectivity index (χ0) is 22.1. The first kappa shape index (κ1) is 22.7. The van der Waals surface area contributed by atoms with E-state index in [1.807, 2.05) is 25.1 Å². The third-order valence-electron chi connectivity index (χ3n) is 5.32. The number of hydrogen-bond donors (Lipinski definition) is 1. The topological polar surface area (TPSA) is 64.0 Å². The van der Waals surface area contributed by atoms with Crippen LogP contribution >= 0.6 is 23.2 Å². The monoisotopic (exact) mass is 465 g/mol. The summed E-state index contributed by atoms with van der Waals surface area (Å²) in [6, 6.07) is 12.3. The third-order valence-corrected chi connectivity index (χ3v) is 7.28. The number of aryl methyl sites for hydroxylation is 1. The van der Waals surface area contributed by atoms with Crippen LogP contribution in [-0.2, 0) is 16.6 Å². The summed E-state index contributed by atoms with van der Waals surface area (Å²) in [5.41, 5.74) is 3.75. The Morgan fingerprint density at radius 3 is 2.37 bits per heavy atom. The van der Waals surface area contributed by atoms with E-state index in [4.69, 9.17) is 23.2 Å². The van der Waals surface area contributed by atoms with E-state index in [0.29, 0.717) is 39.6 Å². The van der Waals surface area contributed by atoms with Crippen LogP contribution in [0, 0.1) is 13.8 Å². The molecule has 0 saturated heterocycles. The van der Waals surface area contributed by atoms with Crippen molar-refractivity contribution in [2.24, 2.45) is 0 Å². The van der Waals surface area contributed by atoms with Gasteiger partial charge in [0.1, 0.15) is 0 Å². The molecule has 8 heteroatoms. The first-order chi connectivity index (χ1) is 14.1. The summed E-state index contributed by atoms with van der Waals surface area (Å²) in [5, 5.41) is 5.59. The molecule has 0 amide bonds. The Hall–Kier alpha value is -2.02. The highest BCUT2D eigenvalue weighted by molar-refractivity contribution is 7.92. The van der Waals surface area contributed by atoms with Gasteiger partial charge in [-0.25, -0.2) is 8.42 Å². The van der Waals surface area contributed by atoms with E-state index >= 15 is 0 Å². The van der Waals surface area contributed by atoms with Gasteiger partial charge in [-0.2, -0.15) is 5.10 Å². The number of rotatable bonds is 7. The van der Waals surface area contributed by atoms with Crippen LogP contribution in [0.25, 0.3) is 0 Å². The van der Waals surface area contributed by atoms with Gasteiger partial charge in [0.2, 0.25) is 0 Å². The smallest absolute Gasteiger partial charge is 0.262 e. The van der Waals surface area contributed by atoms with Gasteiger partial charge in [0.05, 0.1) is 28.5 Å². The summed E-state index contributed by atoms with van der Waals surface area (Å²) in [5.74, 6) is 0.386. The maximum atomic E-state index is 12.9. The lowest BCUT2D eigenvalue weighted by atomic mass is 9.99. The summed E-state index contributed by atoms with van der Waals surface area (Å²) in [6.45, 7) is 8.24. The fraction of sp³-hybridized carbons (Fsp3) is 0.318. The molecule has 0 radical (unpaired) electrons. The second kappa shape index (κ2) is 9.00. The van der Waals surface area contributed by atoms with Crippen LogP contribution in [0.15, 0.2) is 47.4 Å². The summed E-state index contributed by atoms with van der Waals surface area (Å²) in [7, 11) is -3.73. The largest absolute Gasteiger partial charge is 0.276 e. The quantitative estimate of drug-likeness (QED) is 0.453. The molecule has 0 spiro atoms. The molecule has 1 atom stereocenters. The maximum Gasteiger partial charge on any atom is 0.262 e. The van der Waals surface area contributed by atoms with Gasteiger partial charge in [0, 0.05) is 10.0 Å². The average Bonchev–Trinajstić information content (AvgIpc) is 2.96. The molecule has 0 saturated carbocycles.